The summed E-state index contributed by atoms with van der Waals surface area (Å²) in [5.74, 6) is 0.596. The van der Waals surface area contributed by atoms with Crippen molar-refractivity contribution in [1.82, 2.24) is 10.2 Å². The standard InChI is InChI=1S/C16H34N2O2S/c1-5-10-15-13-17-16(6-2,7-3)14-18(15)11-9-12-21(19,20)8-4/h15,17H,5-14H2,1-4H3. The number of piperazine rings is 1. The van der Waals surface area contributed by atoms with Crippen LogP contribution in [0.4, 0.5) is 0 Å². The molecule has 0 spiro atoms. The number of nitrogens with one attached hydrogen (secondary N) is 1. The second-order valence-electron chi connectivity index (χ2n) is 6.37. The smallest absolute Gasteiger partial charge is 0.150 e. The third kappa shape index (κ3) is 5.53. The lowest BCUT2D eigenvalue weighted by molar-refractivity contribution is 0.0682. The van der Waals surface area contributed by atoms with Gasteiger partial charge in [0.05, 0.1) is 5.75 Å². The second-order valence-corrected chi connectivity index (χ2v) is 8.84. The van der Waals surface area contributed by atoms with Crippen molar-refractivity contribution in [3.63, 3.8) is 0 Å². The first-order chi connectivity index (χ1) is 9.92. The molecule has 1 unspecified atom stereocenters. The Hall–Kier alpha value is -0.130. The van der Waals surface area contributed by atoms with E-state index in [1.54, 1.807) is 6.92 Å². The Bertz CT molecular complexity index is 391. The molecule has 4 nitrogen and oxygen atoms in total. The summed E-state index contributed by atoms with van der Waals surface area (Å²) in [6.45, 7) is 11.5. The molecule has 0 aromatic heterocycles. The van der Waals surface area contributed by atoms with Crippen LogP contribution in [-0.4, -0.2) is 56.0 Å². The molecule has 0 saturated carbocycles. The highest BCUT2D eigenvalue weighted by Crippen LogP contribution is 2.24. The molecule has 1 fully saturated rings. The molecule has 1 saturated heterocycles. The van der Waals surface area contributed by atoms with Crippen molar-refractivity contribution in [3.05, 3.63) is 0 Å². The van der Waals surface area contributed by atoms with Gasteiger partial charge in [0.1, 0.15) is 9.84 Å². The van der Waals surface area contributed by atoms with Crippen molar-refractivity contribution in [2.45, 2.75) is 71.4 Å². The molecule has 0 aromatic rings. The Morgan fingerprint density at radius 1 is 1.19 bits per heavy atom. The first kappa shape index (κ1) is 18.9. The summed E-state index contributed by atoms with van der Waals surface area (Å²) in [6.07, 6.45) is 5.40. The number of sulfone groups is 1. The molecule has 0 aliphatic carbocycles. The lowest BCUT2D eigenvalue weighted by atomic mass is 9.87. The molecular formula is C16H34N2O2S. The molecule has 1 aliphatic rings. The number of nitrogens with zero attached hydrogens (tertiary/aromatic N) is 1. The van der Waals surface area contributed by atoms with Gasteiger partial charge in [0.2, 0.25) is 0 Å². The fraction of sp³-hybridized carbons (Fsp3) is 1.00. The predicted molar refractivity (Wildman–Crippen MR) is 90.5 cm³/mol. The molecule has 126 valence electrons. The monoisotopic (exact) mass is 318 g/mol. The van der Waals surface area contributed by atoms with Gasteiger partial charge in [0.25, 0.3) is 0 Å². The zero-order valence-electron chi connectivity index (χ0n) is 14.3. The highest BCUT2D eigenvalue weighted by Gasteiger charge is 2.35. The van der Waals surface area contributed by atoms with E-state index < -0.39 is 9.84 Å². The molecule has 0 amide bonds. The van der Waals surface area contributed by atoms with Crippen molar-refractivity contribution in [2.75, 3.05) is 31.1 Å². The third-order valence-electron chi connectivity index (χ3n) is 5.05. The van der Waals surface area contributed by atoms with Crippen LogP contribution in [0.5, 0.6) is 0 Å². The van der Waals surface area contributed by atoms with E-state index in [2.05, 4.69) is 31.0 Å². The first-order valence-corrected chi connectivity index (χ1v) is 10.4. The van der Waals surface area contributed by atoms with Gasteiger partial charge in [-0.3, -0.25) is 4.90 Å². The normalized spacial score (nSPS) is 23.3. The van der Waals surface area contributed by atoms with Gasteiger partial charge in [0, 0.05) is 30.4 Å². The minimum Gasteiger partial charge on any atom is -0.308 e. The van der Waals surface area contributed by atoms with Crippen LogP contribution in [0, 0.1) is 0 Å². The van der Waals surface area contributed by atoms with E-state index in [-0.39, 0.29) is 11.3 Å². The zero-order chi connectivity index (χ0) is 15.9. The molecule has 1 aliphatic heterocycles. The quantitative estimate of drug-likeness (QED) is 0.709. The van der Waals surface area contributed by atoms with Crippen molar-refractivity contribution < 1.29 is 8.42 Å². The van der Waals surface area contributed by atoms with Gasteiger partial charge >= 0.3 is 0 Å². The molecular weight excluding hydrogens is 284 g/mol. The van der Waals surface area contributed by atoms with Gasteiger partial charge in [-0.2, -0.15) is 0 Å². The van der Waals surface area contributed by atoms with Crippen LogP contribution in [0.1, 0.15) is 59.8 Å². The van der Waals surface area contributed by atoms with E-state index >= 15 is 0 Å². The second kappa shape index (κ2) is 8.49. The Balaban J connectivity index is 2.63. The minimum absolute atomic E-state index is 0.216. The summed E-state index contributed by atoms with van der Waals surface area (Å²) in [6, 6.07) is 0.561. The number of hydrogen-bond donors (Lipinski definition) is 1. The zero-order valence-corrected chi connectivity index (χ0v) is 15.1. The summed E-state index contributed by atoms with van der Waals surface area (Å²) in [4.78, 5) is 2.54. The van der Waals surface area contributed by atoms with Crippen LogP contribution >= 0.6 is 0 Å². The molecule has 1 rings (SSSR count). The number of rotatable bonds is 9. The maximum Gasteiger partial charge on any atom is 0.150 e. The van der Waals surface area contributed by atoms with Crippen molar-refractivity contribution in [2.24, 2.45) is 0 Å². The predicted octanol–water partition coefficient (Wildman–Crippen LogP) is 2.44. The fourth-order valence-corrected chi connectivity index (χ4v) is 4.13. The molecule has 0 radical (unpaired) electrons. The van der Waals surface area contributed by atoms with E-state index in [1.165, 1.54) is 12.8 Å². The summed E-state index contributed by atoms with van der Waals surface area (Å²) in [5.41, 5.74) is 0.216. The topological polar surface area (TPSA) is 49.4 Å². The first-order valence-electron chi connectivity index (χ1n) is 8.61. The van der Waals surface area contributed by atoms with E-state index in [0.717, 1.165) is 38.9 Å². The van der Waals surface area contributed by atoms with Gasteiger partial charge in [0.15, 0.2) is 0 Å². The minimum atomic E-state index is -2.83. The maximum absolute atomic E-state index is 11.7. The van der Waals surface area contributed by atoms with E-state index in [4.69, 9.17) is 0 Å². The average molecular weight is 319 g/mol. The Morgan fingerprint density at radius 2 is 1.86 bits per heavy atom. The Kier molecular flexibility index (Phi) is 7.65. The molecule has 0 bridgehead atoms. The highest BCUT2D eigenvalue weighted by atomic mass is 32.2. The van der Waals surface area contributed by atoms with Crippen LogP contribution in [-0.2, 0) is 9.84 Å². The highest BCUT2D eigenvalue weighted by molar-refractivity contribution is 7.91. The largest absolute Gasteiger partial charge is 0.308 e. The summed E-state index contributed by atoms with van der Waals surface area (Å²) in [5, 5.41) is 3.75. The Labute approximate surface area is 131 Å². The van der Waals surface area contributed by atoms with Gasteiger partial charge < -0.3 is 5.32 Å². The fourth-order valence-electron chi connectivity index (χ4n) is 3.27. The average Bonchev–Trinajstić information content (AvgIpc) is 2.49. The molecule has 5 heteroatoms. The molecule has 1 heterocycles. The van der Waals surface area contributed by atoms with Gasteiger partial charge in [-0.25, -0.2) is 8.42 Å². The van der Waals surface area contributed by atoms with Crippen LogP contribution < -0.4 is 5.32 Å². The summed E-state index contributed by atoms with van der Waals surface area (Å²) in [7, 11) is -2.83. The van der Waals surface area contributed by atoms with Crippen LogP contribution in [0.15, 0.2) is 0 Å². The lowest BCUT2D eigenvalue weighted by Gasteiger charge is -2.47. The van der Waals surface area contributed by atoms with Gasteiger partial charge in [-0.15, -0.1) is 0 Å². The van der Waals surface area contributed by atoms with Crippen molar-refractivity contribution in [1.29, 1.82) is 0 Å². The third-order valence-corrected chi connectivity index (χ3v) is 6.84. The Morgan fingerprint density at radius 3 is 2.38 bits per heavy atom. The molecule has 1 atom stereocenters. The molecule has 0 aromatic carbocycles. The van der Waals surface area contributed by atoms with Crippen molar-refractivity contribution >= 4 is 9.84 Å². The number of hydrogen-bond acceptors (Lipinski definition) is 4. The van der Waals surface area contributed by atoms with E-state index in [1.807, 2.05) is 0 Å². The van der Waals surface area contributed by atoms with Crippen LogP contribution in [0.25, 0.3) is 0 Å². The van der Waals surface area contributed by atoms with E-state index in [0.29, 0.717) is 11.8 Å². The maximum atomic E-state index is 11.7. The van der Waals surface area contributed by atoms with Gasteiger partial charge in [-0.1, -0.05) is 34.1 Å². The van der Waals surface area contributed by atoms with Crippen molar-refractivity contribution in [3.8, 4) is 0 Å². The summed E-state index contributed by atoms with van der Waals surface area (Å²) >= 11 is 0. The summed E-state index contributed by atoms with van der Waals surface area (Å²) < 4.78 is 23.3. The SMILES string of the molecule is CCCC1CNC(CC)(CC)CN1CCCS(=O)(=O)CC. The van der Waals surface area contributed by atoms with E-state index in [9.17, 15) is 8.42 Å². The molecule has 1 N–H and O–H groups in total. The van der Waals surface area contributed by atoms with Crippen LogP contribution in [0.2, 0.25) is 0 Å². The van der Waals surface area contributed by atoms with Crippen LogP contribution in [0.3, 0.4) is 0 Å². The molecule has 21 heavy (non-hydrogen) atoms. The lowest BCUT2D eigenvalue weighted by Crippen LogP contribution is -2.63. The van der Waals surface area contributed by atoms with Gasteiger partial charge in [-0.05, 0) is 32.2 Å².